The van der Waals surface area contributed by atoms with E-state index in [1.54, 1.807) is 0 Å². The van der Waals surface area contributed by atoms with Crippen LogP contribution in [0.4, 0.5) is 4.39 Å². The second kappa shape index (κ2) is 8.19. The number of hydrogen-bond acceptors (Lipinski definition) is 6. The van der Waals surface area contributed by atoms with Crippen LogP contribution in [0.25, 0.3) is 0 Å². The first kappa shape index (κ1) is 18.2. The van der Waals surface area contributed by atoms with Gasteiger partial charge in [0.05, 0.1) is 7.11 Å². The van der Waals surface area contributed by atoms with Crippen LogP contribution in [0.15, 0.2) is 6.07 Å². The van der Waals surface area contributed by atoms with Crippen molar-refractivity contribution in [3.8, 4) is 17.4 Å². The first-order valence-electron chi connectivity index (χ1n) is 8.99. The number of likely N-dealkylation sites (N-methyl/N-ethyl adjacent to an activating group) is 2. The van der Waals surface area contributed by atoms with Crippen LogP contribution in [0.5, 0.6) is 17.4 Å². The summed E-state index contributed by atoms with van der Waals surface area (Å²) >= 11 is 0. The van der Waals surface area contributed by atoms with Gasteiger partial charge in [0.1, 0.15) is 13.2 Å². The smallest absolute Gasteiger partial charge is 0.260 e. The monoisotopic (exact) mass is 353 g/mol. The molecule has 25 heavy (non-hydrogen) atoms. The van der Waals surface area contributed by atoms with Gasteiger partial charge in [0.25, 0.3) is 11.8 Å². The molecule has 2 aliphatic heterocycles. The highest BCUT2D eigenvalue weighted by atomic mass is 19.1. The molecule has 1 aromatic heterocycles. The molecule has 140 valence electrons. The van der Waals surface area contributed by atoms with Crippen molar-refractivity contribution in [2.24, 2.45) is 0 Å². The number of methoxy groups -OCH3 is 1. The second-order valence-corrected chi connectivity index (χ2v) is 6.96. The molecule has 2 aliphatic rings. The lowest BCUT2D eigenvalue weighted by Gasteiger charge is -2.22. The zero-order valence-corrected chi connectivity index (χ0v) is 15.3. The van der Waals surface area contributed by atoms with Crippen molar-refractivity contribution in [1.82, 2.24) is 14.8 Å². The molecule has 2 atom stereocenters. The summed E-state index contributed by atoms with van der Waals surface area (Å²) in [6, 6.07) is 2.23. The Bertz CT molecular complexity index is 587. The van der Waals surface area contributed by atoms with Crippen LogP contribution in [0.3, 0.4) is 0 Å². The molecule has 3 heterocycles. The molecule has 0 unspecified atom stereocenters. The van der Waals surface area contributed by atoms with E-state index in [2.05, 4.69) is 28.9 Å². The average molecular weight is 353 g/mol. The molecule has 0 spiro atoms. The minimum Gasteiger partial charge on any atom is -0.492 e. The van der Waals surface area contributed by atoms with E-state index in [1.165, 1.54) is 19.6 Å². The molecule has 2 saturated heterocycles. The van der Waals surface area contributed by atoms with E-state index in [9.17, 15) is 4.39 Å². The Kier molecular flexibility index (Phi) is 5.96. The van der Waals surface area contributed by atoms with Crippen molar-refractivity contribution in [1.29, 1.82) is 0 Å². The first-order valence-corrected chi connectivity index (χ1v) is 8.99. The Morgan fingerprint density at radius 1 is 1.04 bits per heavy atom. The Morgan fingerprint density at radius 3 is 2.16 bits per heavy atom. The number of likely N-dealkylation sites (tertiary alicyclic amines) is 2. The van der Waals surface area contributed by atoms with Gasteiger partial charge in [0, 0.05) is 18.2 Å². The number of hydrogen-bond donors (Lipinski definition) is 0. The first-order chi connectivity index (χ1) is 12.1. The van der Waals surface area contributed by atoms with Gasteiger partial charge in [0.2, 0.25) is 0 Å². The summed E-state index contributed by atoms with van der Waals surface area (Å²) in [6.07, 6.45) is 4.52. The highest BCUT2D eigenvalue weighted by molar-refractivity contribution is 5.40. The molecule has 0 amide bonds. The second-order valence-electron chi connectivity index (χ2n) is 6.96. The minimum absolute atomic E-state index is 0.0695. The molecular weight excluding hydrogens is 325 g/mol. The lowest BCUT2D eigenvalue weighted by molar-refractivity contribution is 0.167. The fourth-order valence-corrected chi connectivity index (χ4v) is 3.53. The molecule has 0 bridgehead atoms. The summed E-state index contributed by atoms with van der Waals surface area (Å²) in [5, 5.41) is 0. The number of aromatic nitrogens is 1. The Labute approximate surface area is 148 Å². The normalized spacial score (nSPS) is 24.6. The summed E-state index contributed by atoms with van der Waals surface area (Å²) in [4.78, 5) is 8.46. The molecule has 0 N–H and O–H groups in total. The van der Waals surface area contributed by atoms with E-state index in [0.717, 1.165) is 32.4 Å². The van der Waals surface area contributed by atoms with Crippen LogP contribution in [0.1, 0.15) is 25.7 Å². The quantitative estimate of drug-likeness (QED) is 0.700. The standard InChI is InChI=1S/C18H28FN3O3/c1-21-8-4-6-13(21)11-24-16-10-15(23-3)17(19)20-18(16)25-12-14-7-5-9-22(14)2/h10,13-14H,4-9,11-12H2,1-3H3/t13-,14-/m1/s1. The van der Waals surface area contributed by atoms with Crippen molar-refractivity contribution < 1.29 is 18.6 Å². The molecule has 0 saturated carbocycles. The highest BCUT2D eigenvalue weighted by Gasteiger charge is 2.25. The molecule has 3 rings (SSSR count). The molecule has 1 aromatic rings. The SMILES string of the molecule is COc1cc(OC[C@H]2CCCN2C)c(OC[C@H]2CCCN2C)nc1F. The van der Waals surface area contributed by atoms with Gasteiger partial charge in [-0.2, -0.15) is 9.37 Å². The summed E-state index contributed by atoms with van der Waals surface area (Å²) in [5.41, 5.74) is 0. The van der Waals surface area contributed by atoms with E-state index in [4.69, 9.17) is 14.2 Å². The van der Waals surface area contributed by atoms with Gasteiger partial charge in [-0.15, -0.1) is 0 Å². The van der Waals surface area contributed by atoms with Crippen LogP contribution in [-0.2, 0) is 0 Å². The Morgan fingerprint density at radius 2 is 1.64 bits per heavy atom. The maximum atomic E-state index is 14.0. The van der Waals surface area contributed by atoms with Crippen molar-refractivity contribution >= 4 is 0 Å². The molecule has 0 aliphatic carbocycles. The Hall–Kier alpha value is -1.60. The van der Waals surface area contributed by atoms with E-state index in [1.807, 2.05) is 0 Å². The fourth-order valence-electron chi connectivity index (χ4n) is 3.53. The van der Waals surface area contributed by atoms with Gasteiger partial charge in [0.15, 0.2) is 11.5 Å². The minimum atomic E-state index is -0.678. The third-order valence-electron chi connectivity index (χ3n) is 5.28. The molecule has 6 nitrogen and oxygen atoms in total. The maximum Gasteiger partial charge on any atom is 0.260 e. The lowest BCUT2D eigenvalue weighted by Crippen LogP contribution is -2.31. The zero-order chi connectivity index (χ0) is 17.8. The van der Waals surface area contributed by atoms with Crippen molar-refractivity contribution in [2.75, 3.05) is 47.5 Å². The van der Waals surface area contributed by atoms with Gasteiger partial charge in [-0.25, -0.2) is 0 Å². The number of rotatable bonds is 7. The number of pyridine rings is 1. The Balaban J connectivity index is 1.69. The largest absolute Gasteiger partial charge is 0.492 e. The van der Waals surface area contributed by atoms with Gasteiger partial charge in [-0.05, 0) is 52.9 Å². The zero-order valence-electron chi connectivity index (χ0n) is 15.3. The lowest BCUT2D eigenvalue weighted by atomic mass is 10.2. The van der Waals surface area contributed by atoms with Crippen molar-refractivity contribution in [2.45, 2.75) is 37.8 Å². The number of ether oxygens (including phenoxy) is 3. The summed E-state index contributed by atoms with van der Waals surface area (Å²) in [6.45, 7) is 3.16. The predicted molar refractivity (Wildman–Crippen MR) is 93.0 cm³/mol. The van der Waals surface area contributed by atoms with Crippen LogP contribution < -0.4 is 14.2 Å². The predicted octanol–water partition coefficient (Wildman–Crippen LogP) is 2.18. The van der Waals surface area contributed by atoms with Crippen LogP contribution >= 0.6 is 0 Å². The number of halogens is 1. The van der Waals surface area contributed by atoms with Gasteiger partial charge in [-0.1, -0.05) is 0 Å². The van der Waals surface area contributed by atoms with Crippen molar-refractivity contribution in [3.05, 3.63) is 12.0 Å². The number of nitrogens with zero attached hydrogens (tertiary/aromatic N) is 3. The molecule has 7 heteroatoms. The van der Waals surface area contributed by atoms with E-state index < -0.39 is 5.95 Å². The van der Waals surface area contributed by atoms with E-state index in [-0.39, 0.29) is 11.6 Å². The fraction of sp³-hybridized carbons (Fsp3) is 0.722. The van der Waals surface area contributed by atoms with Gasteiger partial charge < -0.3 is 24.0 Å². The third-order valence-corrected chi connectivity index (χ3v) is 5.28. The molecule has 2 fully saturated rings. The summed E-state index contributed by atoms with van der Waals surface area (Å²) in [5.74, 6) is 0.0428. The van der Waals surface area contributed by atoms with Crippen LogP contribution in [0.2, 0.25) is 0 Å². The molecule has 0 radical (unpaired) electrons. The molecule has 0 aromatic carbocycles. The van der Waals surface area contributed by atoms with Crippen LogP contribution in [0, 0.1) is 5.95 Å². The van der Waals surface area contributed by atoms with E-state index >= 15 is 0 Å². The maximum absolute atomic E-state index is 14.0. The summed E-state index contributed by atoms with van der Waals surface area (Å²) < 4.78 is 30.8. The topological polar surface area (TPSA) is 47.1 Å². The molecular formula is C18H28FN3O3. The third kappa shape index (κ3) is 4.33. The van der Waals surface area contributed by atoms with Crippen molar-refractivity contribution in [3.63, 3.8) is 0 Å². The highest BCUT2D eigenvalue weighted by Crippen LogP contribution is 2.32. The van der Waals surface area contributed by atoms with Gasteiger partial charge in [-0.3, -0.25) is 0 Å². The van der Waals surface area contributed by atoms with Crippen LogP contribution in [-0.4, -0.2) is 74.4 Å². The van der Waals surface area contributed by atoms with E-state index in [0.29, 0.717) is 31.0 Å². The average Bonchev–Trinajstić information content (AvgIpc) is 3.20. The summed E-state index contributed by atoms with van der Waals surface area (Å²) in [7, 11) is 5.59. The van der Waals surface area contributed by atoms with Gasteiger partial charge >= 0.3 is 0 Å².